The van der Waals surface area contributed by atoms with Crippen LogP contribution in [0.5, 0.6) is 0 Å². The maximum absolute atomic E-state index is 12.8. The van der Waals surface area contributed by atoms with E-state index in [0.29, 0.717) is 0 Å². The van der Waals surface area contributed by atoms with Gasteiger partial charge in [0.25, 0.3) is 0 Å². The molecule has 1 aliphatic heterocycles. The highest BCUT2D eigenvalue weighted by atomic mass is 19.4. The van der Waals surface area contributed by atoms with Gasteiger partial charge in [-0.3, -0.25) is 0 Å². The Morgan fingerprint density at radius 3 is 1.11 bits per heavy atom. The van der Waals surface area contributed by atoms with Gasteiger partial charge in [0.1, 0.15) is 0 Å². The Bertz CT molecular complexity index is 342. The van der Waals surface area contributed by atoms with Crippen molar-refractivity contribution in [2.45, 2.75) is 29.9 Å². The van der Waals surface area contributed by atoms with E-state index in [1.54, 1.807) is 0 Å². The summed E-state index contributed by atoms with van der Waals surface area (Å²) >= 11 is 0. The van der Waals surface area contributed by atoms with E-state index >= 15 is 0 Å². The van der Waals surface area contributed by atoms with Gasteiger partial charge in [0.05, 0.1) is 0 Å². The maximum atomic E-state index is 12.8. The summed E-state index contributed by atoms with van der Waals surface area (Å²) in [7, 11) is 0. The second kappa shape index (κ2) is 3.23. The molecule has 1 saturated heterocycles. The summed E-state index contributed by atoms with van der Waals surface area (Å²) in [5.41, 5.74) is 0. The SMILES string of the molecule is C=CN1C(F)(F)C(F)(F)C(F)(F)C(F)(F)C1(F)F. The van der Waals surface area contributed by atoms with Crippen molar-refractivity contribution in [3.63, 3.8) is 0 Å². The molecule has 1 fully saturated rings. The highest BCUT2D eigenvalue weighted by Gasteiger charge is 2.94. The second-order valence-electron chi connectivity index (χ2n) is 3.36. The summed E-state index contributed by atoms with van der Waals surface area (Å²) in [6.07, 6.45) is -0.753. The Kier molecular flexibility index (Phi) is 2.68. The number of hydrogen-bond donors (Lipinski definition) is 0. The Labute approximate surface area is 92.6 Å². The van der Waals surface area contributed by atoms with Crippen LogP contribution in [0.25, 0.3) is 0 Å². The molecule has 0 spiro atoms. The van der Waals surface area contributed by atoms with E-state index in [9.17, 15) is 43.9 Å². The van der Waals surface area contributed by atoms with Crippen LogP contribution in [-0.2, 0) is 0 Å². The highest BCUT2D eigenvalue weighted by molar-refractivity contribution is 5.16. The van der Waals surface area contributed by atoms with E-state index in [2.05, 4.69) is 6.58 Å². The lowest BCUT2D eigenvalue weighted by atomic mass is 9.94. The monoisotopic (exact) mass is 291 g/mol. The first-order valence-electron chi connectivity index (χ1n) is 4.00. The van der Waals surface area contributed by atoms with Crippen LogP contribution in [-0.4, -0.2) is 34.8 Å². The molecule has 0 aliphatic carbocycles. The number of rotatable bonds is 1. The van der Waals surface area contributed by atoms with Gasteiger partial charge in [-0.25, -0.2) is 4.90 Å². The molecule has 18 heavy (non-hydrogen) atoms. The van der Waals surface area contributed by atoms with E-state index < -0.39 is 41.0 Å². The molecule has 11 heteroatoms. The predicted molar refractivity (Wildman–Crippen MR) is 36.8 cm³/mol. The van der Waals surface area contributed by atoms with Crippen molar-refractivity contribution in [2.75, 3.05) is 0 Å². The van der Waals surface area contributed by atoms with Gasteiger partial charge in [0.15, 0.2) is 0 Å². The van der Waals surface area contributed by atoms with Gasteiger partial charge in [0, 0.05) is 6.20 Å². The van der Waals surface area contributed by atoms with Gasteiger partial charge < -0.3 is 0 Å². The van der Waals surface area contributed by atoms with Gasteiger partial charge in [0.2, 0.25) is 0 Å². The number of likely N-dealkylation sites (tertiary alicyclic amines) is 1. The average molecular weight is 291 g/mol. The molecule has 0 radical (unpaired) electrons. The Morgan fingerprint density at radius 1 is 0.611 bits per heavy atom. The average Bonchev–Trinajstić information content (AvgIpc) is 2.15. The third kappa shape index (κ3) is 1.19. The lowest BCUT2D eigenvalue weighted by Gasteiger charge is -2.50. The molecule has 0 aromatic heterocycles. The predicted octanol–water partition coefficient (Wildman–Crippen LogP) is 3.54. The lowest BCUT2D eigenvalue weighted by Crippen LogP contribution is -2.80. The molecule has 1 rings (SSSR count). The Morgan fingerprint density at radius 2 is 0.889 bits per heavy atom. The van der Waals surface area contributed by atoms with Crippen LogP contribution in [0.3, 0.4) is 0 Å². The number of nitrogens with zero attached hydrogens (tertiary/aromatic N) is 1. The van der Waals surface area contributed by atoms with Crippen LogP contribution in [0.15, 0.2) is 12.8 Å². The van der Waals surface area contributed by atoms with Crippen LogP contribution in [0.2, 0.25) is 0 Å². The fourth-order valence-electron chi connectivity index (χ4n) is 1.28. The Hall–Kier alpha value is -1.16. The van der Waals surface area contributed by atoms with E-state index in [-0.39, 0.29) is 0 Å². The summed E-state index contributed by atoms with van der Waals surface area (Å²) in [5.74, 6) is -20.4. The minimum atomic E-state index is -6.94. The molecule has 1 heterocycles. The van der Waals surface area contributed by atoms with E-state index in [1.807, 2.05) is 0 Å². The maximum Gasteiger partial charge on any atom is 0.399 e. The fraction of sp³-hybridized carbons (Fsp3) is 0.714. The van der Waals surface area contributed by atoms with E-state index in [0.717, 1.165) is 0 Å². The van der Waals surface area contributed by atoms with E-state index in [1.165, 1.54) is 0 Å². The number of hydrogen-bond acceptors (Lipinski definition) is 1. The molecular weight excluding hydrogens is 288 g/mol. The van der Waals surface area contributed by atoms with Crippen molar-refractivity contribution < 1.29 is 43.9 Å². The summed E-state index contributed by atoms with van der Waals surface area (Å²) in [6.45, 7) is 2.21. The first kappa shape index (κ1) is 14.9. The van der Waals surface area contributed by atoms with Crippen LogP contribution >= 0.6 is 0 Å². The van der Waals surface area contributed by atoms with Gasteiger partial charge in [-0.15, -0.1) is 0 Å². The molecule has 0 atom stereocenters. The van der Waals surface area contributed by atoms with Gasteiger partial charge in [-0.05, 0) is 0 Å². The van der Waals surface area contributed by atoms with Gasteiger partial charge >= 0.3 is 29.9 Å². The zero-order valence-corrected chi connectivity index (χ0v) is 8.01. The third-order valence-corrected chi connectivity index (χ3v) is 2.33. The number of piperidine rings is 1. The van der Waals surface area contributed by atoms with Crippen molar-refractivity contribution in [2.24, 2.45) is 0 Å². The highest BCUT2D eigenvalue weighted by Crippen LogP contribution is 2.64. The van der Waals surface area contributed by atoms with Crippen molar-refractivity contribution in [3.05, 3.63) is 12.8 Å². The summed E-state index contributed by atoms with van der Waals surface area (Å²) < 4.78 is 127. The first-order valence-corrected chi connectivity index (χ1v) is 4.00. The zero-order chi connectivity index (χ0) is 14.8. The van der Waals surface area contributed by atoms with Crippen molar-refractivity contribution in [3.8, 4) is 0 Å². The summed E-state index contributed by atoms with van der Waals surface area (Å²) in [5, 5.41) is 0. The van der Waals surface area contributed by atoms with Crippen molar-refractivity contribution >= 4 is 0 Å². The van der Waals surface area contributed by atoms with Crippen LogP contribution < -0.4 is 0 Å². The molecule has 0 unspecified atom stereocenters. The normalized spacial score (nSPS) is 30.9. The van der Waals surface area contributed by atoms with Crippen molar-refractivity contribution in [1.82, 2.24) is 4.90 Å². The van der Waals surface area contributed by atoms with Crippen LogP contribution in [0.1, 0.15) is 0 Å². The lowest BCUT2D eigenvalue weighted by molar-refractivity contribution is -0.497. The molecule has 0 aromatic carbocycles. The molecule has 0 saturated carbocycles. The molecule has 0 bridgehead atoms. The van der Waals surface area contributed by atoms with Crippen LogP contribution in [0.4, 0.5) is 43.9 Å². The number of alkyl halides is 10. The minimum absolute atomic E-state index is 0.753. The van der Waals surface area contributed by atoms with Crippen molar-refractivity contribution in [1.29, 1.82) is 0 Å². The second-order valence-corrected chi connectivity index (χ2v) is 3.36. The Balaban J connectivity index is 3.64. The summed E-state index contributed by atoms with van der Waals surface area (Å²) in [6, 6.07) is -12.5. The minimum Gasteiger partial charge on any atom is -0.250 e. The molecule has 0 amide bonds. The first-order chi connectivity index (χ1) is 7.69. The van der Waals surface area contributed by atoms with Gasteiger partial charge in [-0.2, -0.15) is 43.9 Å². The molecular formula is C7H3F10N. The summed E-state index contributed by atoms with van der Waals surface area (Å²) in [4.78, 5) is -2.17. The number of halogens is 10. The smallest absolute Gasteiger partial charge is 0.250 e. The zero-order valence-electron chi connectivity index (χ0n) is 8.01. The molecule has 1 aliphatic rings. The fourth-order valence-corrected chi connectivity index (χ4v) is 1.28. The topological polar surface area (TPSA) is 3.24 Å². The molecule has 1 nitrogen and oxygen atoms in total. The third-order valence-electron chi connectivity index (χ3n) is 2.33. The molecule has 106 valence electrons. The standard InChI is InChI=1S/C7H3F10N/c1-2-18-6(14,15)4(10,11)3(8,9)5(12,13)7(18,16)17/h2H,1H2. The van der Waals surface area contributed by atoms with Gasteiger partial charge in [-0.1, -0.05) is 6.58 Å². The van der Waals surface area contributed by atoms with E-state index in [4.69, 9.17) is 0 Å². The molecule has 0 aromatic rings. The largest absolute Gasteiger partial charge is 0.399 e. The quantitative estimate of drug-likeness (QED) is 0.527. The van der Waals surface area contributed by atoms with Crippen LogP contribution in [0, 0.1) is 0 Å². The molecule has 0 N–H and O–H groups in total.